The highest BCUT2D eigenvalue weighted by molar-refractivity contribution is 5.35. The van der Waals surface area contributed by atoms with Crippen LogP contribution in [0.3, 0.4) is 0 Å². The minimum atomic E-state index is 0.274. The molecule has 0 fully saturated rings. The lowest BCUT2D eigenvalue weighted by atomic mass is 9.83. The third kappa shape index (κ3) is 6.51. The van der Waals surface area contributed by atoms with Gasteiger partial charge in [-0.3, -0.25) is 0 Å². The van der Waals surface area contributed by atoms with Gasteiger partial charge in [0.25, 0.3) is 0 Å². The first kappa shape index (κ1) is 16.2. The normalized spacial score (nSPS) is 10.8. The fourth-order valence-corrected chi connectivity index (χ4v) is 1.90. The fraction of sp³-hybridized carbons (Fsp3) is 0.647. The standard InChI is InChI=1S/C12H18.C5H12/c1-9-6-7-10(2)11(8-9)12(3,4)5;1-3-5-4-2/h6-8H,1-5H3;3-5H2,1-2H3. The molecule has 0 N–H and O–H groups in total. The molecule has 0 saturated heterocycles. The topological polar surface area (TPSA) is 0 Å². The van der Waals surface area contributed by atoms with Gasteiger partial charge in [-0.1, -0.05) is 77.6 Å². The quantitative estimate of drug-likeness (QED) is 0.607. The number of hydrogen-bond acceptors (Lipinski definition) is 0. The zero-order chi connectivity index (χ0) is 13.5. The second-order valence-electron chi connectivity index (χ2n) is 5.92. The van der Waals surface area contributed by atoms with Crippen molar-refractivity contribution in [3.8, 4) is 0 Å². The van der Waals surface area contributed by atoms with Crippen molar-refractivity contribution in [3.63, 3.8) is 0 Å². The number of benzene rings is 1. The van der Waals surface area contributed by atoms with Crippen LogP contribution in [0.4, 0.5) is 0 Å². The lowest BCUT2D eigenvalue weighted by Gasteiger charge is -2.22. The highest BCUT2D eigenvalue weighted by Crippen LogP contribution is 2.25. The Kier molecular flexibility index (Phi) is 7.18. The van der Waals surface area contributed by atoms with Crippen LogP contribution in [-0.2, 0) is 5.41 Å². The molecule has 0 aliphatic rings. The van der Waals surface area contributed by atoms with Gasteiger partial charge in [0.1, 0.15) is 0 Å². The van der Waals surface area contributed by atoms with Crippen LogP contribution in [0.15, 0.2) is 18.2 Å². The van der Waals surface area contributed by atoms with Crippen LogP contribution < -0.4 is 0 Å². The van der Waals surface area contributed by atoms with Gasteiger partial charge < -0.3 is 0 Å². The van der Waals surface area contributed by atoms with E-state index in [0.717, 1.165) is 0 Å². The van der Waals surface area contributed by atoms with E-state index < -0.39 is 0 Å². The van der Waals surface area contributed by atoms with E-state index in [9.17, 15) is 0 Å². The van der Waals surface area contributed by atoms with E-state index in [1.54, 1.807) is 0 Å². The second kappa shape index (κ2) is 7.53. The predicted octanol–water partition coefficient (Wildman–Crippen LogP) is 5.80. The lowest BCUT2D eigenvalue weighted by Crippen LogP contribution is -2.13. The lowest BCUT2D eigenvalue weighted by molar-refractivity contribution is 0.585. The van der Waals surface area contributed by atoms with Crippen LogP contribution in [0, 0.1) is 13.8 Å². The molecule has 0 nitrogen and oxygen atoms in total. The summed E-state index contributed by atoms with van der Waals surface area (Å²) in [6.07, 6.45) is 4.08. The highest BCUT2D eigenvalue weighted by atomic mass is 14.2. The van der Waals surface area contributed by atoms with E-state index in [0.29, 0.717) is 0 Å². The Morgan fingerprint density at radius 2 is 1.47 bits per heavy atom. The number of unbranched alkanes of at least 4 members (excludes halogenated alkanes) is 2. The van der Waals surface area contributed by atoms with Gasteiger partial charge >= 0.3 is 0 Å². The molecule has 1 aromatic rings. The van der Waals surface area contributed by atoms with Crippen molar-refractivity contribution in [1.82, 2.24) is 0 Å². The van der Waals surface area contributed by atoms with Crippen LogP contribution in [0.2, 0.25) is 0 Å². The minimum absolute atomic E-state index is 0.274. The van der Waals surface area contributed by atoms with Gasteiger partial charge in [-0.15, -0.1) is 0 Å². The zero-order valence-electron chi connectivity index (χ0n) is 12.9. The van der Waals surface area contributed by atoms with E-state index in [1.165, 1.54) is 36.0 Å². The van der Waals surface area contributed by atoms with Crippen molar-refractivity contribution in [2.75, 3.05) is 0 Å². The highest BCUT2D eigenvalue weighted by Gasteiger charge is 2.15. The summed E-state index contributed by atoms with van der Waals surface area (Å²) in [5, 5.41) is 0. The van der Waals surface area contributed by atoms with E-state index in [1.807, 2.05) is 0 Å². The third-order valence-corrected chi connectivity index (χ3v) is 2.91. The van der Waals surface area contributed by atoms with Crippen molar-refractivity contribution in [2.24, 2.45) is 0 Å². The van der Waals surface area contributed by atoms with Gasteiger partial charge in [0.15, 0.2) is 0 Å². The summed E-state index contributed by atoms with van der Waals surface area (Å²) >= 11 is 0. The summed E-state index contributed by atoms with van der Waals surface area (Å²) in [6.45, 7) is 15.5. The first-order valence-corrected chi connectivity index (χ1v) is 6.90. The SMILES string of the molecule is CCCCC.Cc1ccc(C)c(C(C)(C)C)c1. The molecule has 0 heteroatoms. The zero-order valence-corrected chi connectivity index (χ0v) is 12.9. The molecule has 0 aromatic heterocycles. The average Bonchev–Trinajstić information content (AvgIpc) is 2.22. The largest absolute Gasteiger partial charge is 0.0654 e. The molecule has 0 unspecified atom stereocenters. The molecule has 0 aliphatic heterocycles. The van der Waals surface area contributed by atoms with E-state index >= 15 is 0 Å². The average molecular weight is 234 g/mol. The van der Waals surface area contributed by atoms with Crippen LogP contribution in [0.25, 0.3) is 0 Å². The summed E-state index contributed by atoms with van der Waals surface area (Å²) < 4.78 is 0. The van der Waals surface area contributed by atoms with Gasteiger partial charge in [0.05, 0.1) is 0 Å². The Bertz CT molecular complexity index is 313. The van der Waals surface area contributed by atoms with Gasteiger partial charge in [0.2, 0.25) is 0 Å². The molecule has 98 valence electrons. The summed E-state index contributed by atoms with van der Waals surface area (Å²) in [4.78, 5) is 0. The van der Waals surface area contributed by atoms with Crippen LogP contribution in [0.5, 0.6) is 0 Å². The van der Waals surface area contributed by atoms with Crippen LogP contribution in [0.1, 0.15) is 70.6 Å². The third-order valence-electron chi connectivity index (χ3n) is 2.91. The Morgan fingerprint density at radius 3 is 1.76 bits per heavy atom. The summed E-state index contributed by atoms with van der Waals surface area (Å²) in [7, 11) is 0. The van der Waals surface area contributed by atoms with Crippen molar-refractivity contribution in [2.45, 2.75) is 73.1 Å². The molecule has 0 atom stereocenters. The van der Waals surface area contributed by atoms with Gasteiger partial charge in [0, 0.05) is 0 Å². The van der Waals surface area contributed by atoms with Crippen molar-refractivity contribution in [3.05, 3.63) is 34.9 Å². The van der Waals surface area contributed by atoms with Gasteiger partial charge in [-0.2, -0.15) is 0 Å². The maximum atomic E-state index is 2.29. The molecule has 0 saturated carbocycles. The molecule has 1 aromatic carbocycles. The molecule has 0 heterocycles. The van der Waals surface area contributed by atoms with Crippen LogP contribution in [-0.4, -0.2) is 0 Å². The maximum absolute atomic E-state index is 2.29. The molecule has 0 amide bonds. The summed E-state index contributed by atoms with van der Waals surface area (Å²) in [6, 6.07) is 6.66. The minimum Gasteiger partial charge on any atom is -0.0654 e. The fourth-order valence-electron chi connectivity index (χ4n) is 1.90. The Labute approximate surface area is 108 Å². The Balaban J connectivity index is 0.000000437. The molecular weight excluding hydrogens is 204 g/mol. The van der Waals surface area contributed by atoms with Crippen molar-refractivity contribution < 1.29 is 0 Å². The summed E-state index contributed by atoms with van der Waals surface area (Å²) in [5.41, 5.74) is 4.48. The van der Waals surface area contributed by atoms with Gasteiger partial charge in [-0.25, -0.2) is 0 Å². The molecular formula is C17H30. The molecule has 17 heavy (non-hydrogen) atoms. The monoisotopic (exact) mass is 234 g/mol. The van der Waals surface area contributed by atoms with E-state index in [2.05, 4.69) is 66.7 Å². The Hall–Kier alpha value is -0.780. The molecule has 1 rings (SSSR count). The molecule has 0 spiro atoms. The summed E-state index contributed by atoms with van der Waals surface area (Å²) in [5.74, 6) is 0. The van der Waals surface area contributed by atoms with E-state index in [4.69, 9.17) is 0 Å². The molecule has 0 aliphatic carbocycles. The number of rotatable bonds is 2. The second-order valence-corrected chi connectivity index (χ2v) is 5.92. The van der Waals surface area contributed by atoms with Crippen molar-refractivity contribution >= 4 is 0 Å². The van der Waals surface area contributed by atoms with E-state index in [-0.39, 0.29) is 5.41 Å². The predicted molar refractivity (Wildman–Crippen MR) is 79.8 cm³/mol. The molecule has 0 radical (unpaired) electrons. The number of aryl methyl sites for hydroxylation is 2. The maximum Gasteiger partial charge on any atom is -0.0129 e. The van der Waals surface area contributed by atoms with Gasteiger partial charge in [-0.05, 0) is 30.4 Å². The first-order chi connectivity index (χ1) is 7.82. The Morgan fingerprint density at radius 1 is 0.941 bits per heavy atom. The smallest absolute Gasteiger partial charge is 0.0129 e. The van der Waals surface area contributed by atoms with Crippen molar-refractivity contribution in [1.29, 1.82) is 0 Å². The first-order valence-electron chi connectivity index (χ1n) is 6.90. The molecule has 0 bridgehead atoms. The van der Waals surface area contributed by atoms with Crippen LogP contribution >= 0.6 is 0 Å². The number of hydrogen-bond donors (Lipinski definition) is 0.